The number of anilines is 1. The zero-order chi connectivity index (χ0) is 19.1. The first-order valence-electron chi connectivity index (χ1n) is 8.88. The van der Waals surface area contributed by atoms with Crippen molar-refractivity contribution in [2.24, 2.45) is 0 Å². The zero-order valence-electron chi connectivity index (χ0n) is 15.5. The van der Waals surface area contributed by atoms with Crippen LogP contribution in [0.15, 0.2) is 60.7 Å². The van der Waals surface area contributed by atoms with Gasteiger partial charge in [-0.05, 0) is 31.5 Å². The Morgan fingerprint density at radius 2 is 1.70 bits per heavy atom. The molecule has 0 aliphatic carbocycles. The van der Waals surface area contributed by atoms with Crippen molar-refractivity contribution in [3.63, 3.8) is 0 Å². The summed E-state index contributed by atoms with van der Waals surface area (Å²) in [4.78, 5) is 12.4. The molecule has 0 aliphatic rings. The third kappa shape index (κ3) is 5.10. The molecule has 0 spiro atoms. The van der Waals surface area contributed by atoms with Gasteiger partial charge < -0.3 is 14.8 Å². The first-order chi connectivity index (χ1) is 13.2. The normalized spacial score (nSPS) is 10.4. The minimum Gasteiger partial charge on any atom is -0.490 e. The number of aromatic nitrogens is 2. The average molecular weight is 365 g/mol. The van der Waals surface area contributed by atoms with Crippen molar-refractivity contribution >= 4 is 11.7 Å². The van der Waals surface area contributed by atoms with Gasteiger partial charge in [0.2, 0.25) is 0 Å². The molecule has 0 atom stereocenters. The van der Waals surface area contributed by atoms with Crippen molar-refractivity contribution in [2.45, 2.75) is 20.4 Å². The molecule has 1 N–H and O–H groups in total. The molecule has 6 nitrogen and oxygen atoms in total. The number of hydrogen-bond donors (Lipinski definition) is 1. The monoisotopic (exact) mass is 365 g/mol. The van der Waals surface area contributed by atoms with Gasteiger partial charge in [-0.15, -0.1) is 0 Å². The summed E-state index contributed by atoms with van der Waals surface area (Å²) in [7, 11) is 0. The van der Waals surface area contributed by atoms with Crippen LogP contribution in [0.2, 0.25) is 0 Å². The average Bonchev–Trinajstić information content (AvgIpc) is 3.01. The molecule has 0 bridgehead atoms. The summed E-state index contributed by atoms with van der Waals surface area (Å²) in [6, 6.07) is 19.1. The number of ether oxygens (including phenoxy) is 2. The number of nitrogens with zero attached hydrogens (tertiary/aromatic N) is 2. The number of amides is 1. The fourth-order valence-electron chi connectivity index (χ4n) is 2.69. The lowest BCUT2D eigenvalue weighted by molar-refractivity contribution is -0.118. The molecule has 6 heteroatoms. The molecule has 2 aromatic carbocycles. The Morgan fingerprint density at radius 3 is 2.41 bits per heavy atom. The van der Waals surface area contributed by atoms with E-state index in [1.54, 1.807) is 10.7 Å². The molecule has 27 heavy (non-hydrogen) atoms. The van der Waals surface area contributed by atoms with Gasteiger partial charge in [-0.25, -0.2) is 4.68 Å². The number of para-hydroxylation sites is 2. The molecule has 1 amide bonds. The number of benzene rings is 2. The molecular formula is C21H23N3O3. The summed E-state index contributed by atoms with van der Waals surface area (Å²) in [6.07, 6.45) is 0. The first kappa shape index (κ1) is 18.5. The van der Waals surface area contributed by atoms with Gasteiger partial charge in [0.1, 0.15) is 5.82 Å². The van der Waals surface area contributed by atoms with Crippen molar-refractivity contribution < 1.29 is 14.3 Å². The molecule has 0 saturated carbocycles. The van der Waals surface area contributed by atoms with Crippen molar-refractivity contribution in [2.75, 3.05) is 18.5 Å². The van der Waals surface area contributed by atoms with Crippen LogP contribution in [0, 0.1) is 6.92 Å². The summed E-state index contributed by atoms with van der Waals surface area (Å²) in [6.45, 7) is 4.80. The quantitative estimate of drug-likeness (QED) is 0.662. The summed E-state index contributed by atoms with van der Waals surface area (Å²) in [5.41, 5.74) is 1.95. The Balaban J connectivity index is 1.63. The van der Waals surface area contributed by atoms with Crippen LogP contribution < -0.4 is 14.8 Å². The van der Waals surface area contributed by atoms with E-state index in [0.717, 1.165) is 11.3 Å². The van der Waals surface area contributed by atoms with Gasteiger partial charge in [0, 0.05) is 6.07 Å². The lowest BCUT2D eigenvalue weighted by Gasteiger charge is -2.12. The lowest BCUT2D eigenvalue weighted by Crippen LogP contribution is -2.22. The number of rotatable bonds is 8. The first-order valence-corrected chi connectivity index (χ1v) is 8.88. The number of nitrogens with one attached hydrogen (secondary N) is 1. The molecule has 140 valence electrons. The number of hydrogen-bond acceptors (Lipinski definition) is 4. The predicted molar refractivity (Wildman–Crippen MR) is 104 cm³/mol. The number of carbonyl (C=O) groups is 1. The van der Waals surface area contributed by atoms with Crippen LogP contribution in [0.5, 0.6) is 11.5 Å². The number of aryl methyl sites for hydroxylation is 1. The Labute approximate surface area is 158 Å². The molecular weight excluding hydrogens is 342 g/mol. The van der Waals surface area contributed by atoms with Crippen LogP contribution in [0.1, 0.15) is 18.2 Å². The van der Waals surface area contributed by atoms with Gasteiger partial charge in [-0.3, -0.25) is 4.79 Å². The molecule has 1 heterocycles. The van der Waals surface area contributed by atoms with Gasteiger partial charge in [0.25, 0.3) is 5.91 Å². The van der Waals surface area contributed by atoms with Crippen LogP contribution in [0.3, 0.4) is 0 Å². The van der Waals surface area contributed by atoms with Gasteiger partial charge in [0.05, 0.1) is 18.8 Å². The molecule has 0 unspecified atom stereocenters. The third-order valence-electron chi connectivity index (χ3n) is 3.85. The smallest absolute Gasteiger partial charge is 0.263 e. The van der Waals surface area contributed by atoms with Crippen LogP contribution in [-0.4, -0.2) is 28.9 Å². The van der Waals surface area contributed by atoms with E-state index >= 15 is 0 Å². The van der Waals surface area contributed by atoms with Gasteiger partial charge in [0.15, 0.2) is 18.1 Å². The maximum atomic E-state index is 12.4. The van der Waals surface area contributed by atoms with Gasteiger partial charge in [-0.1, -0.05) is 42.5 Å². The van der Waals surface area contributed by atoms with E-state index in [4.69, 9.17) is 9.47 Å². The molecule has 0 fully saturated rings. The van der Waals surface area contributed by atoms with Crippen LogP contribution in [0.25, 0.3) is 0 Å². The van der Waals surface area contributed by atoms with Crippen LogP contribution in [-0.2, 0) is 11.3 Å². The molecule has 1 aromatic heterocycles. The van der Waals surface area contributed by atoms with Crippen molar-refractivity contribution in [1.29, 1.82) is 0 Å². The van der Waals surface area contributed by atoms with E-state index in [-0.39, 0.29) is 12.5 Å². The standard InChI is InChI=1S/C21H23N3O3/c1-3-26-18-11-7-8-12-19(18)27-15-21(25)22-20-13-16(2)23-24(20)14-17-9-5-4-6-10-17/h4-13H,3,14-15H2,1-2H3,(H,22,25). The summed E-state index contributed by atoms with van der Waals surface area (Å²) in [5.74, 6) is 1.56. The maximum Gasteiger partial charge on any atom is 0.263 e. The second-order valence-electron chi connectivity index (χ2n) is 6.03. The molecule has 3 rings (SSSR count). The van der Waals surface area contributed by atoms with E-state index in [1.165, 1.54) is 0 Å². The highest BCUT2D eigenvalue weighted by molar-refractivity contribution is 5.91. The minimum absolute atomic E-state index is 0.111. The van der Waals surface area contributed by atoms with E-state index in [0.29, 0.717) is 30.5 Å². The molecule has 0 radical (unpaired) electrons. The Kier molecular flexibility index (Phi) is 6.10. The van der Waals surface area contributed by atoms with E-state index < -0.39 is 0 Å². The maximum absolute atomic E-state index is 12.4. The SMILES string of the molecule is CCOc1ccccc1OCC(=O)Nc1cc(C)nn1Cc1ccccc1. The van der Waals surface area contributed by atoms with E-state index in [2.05, 4.69) is 10.4 Å². The zero-order valence-corrected chi connectivity index (χ0v) is 15.5. The Morgan fingerprint density at radius 1 is 1.04 bits per heavy atom. The van der Waals surface area contributed by atoms with Crippen LogP contribution in [0.4, 0.5) is 5.82 Å². The topological polar surface area (TPSA) is 65.4 Å². The molecule has 0 saturated heterocycles. The fourth-order valence-corrected chi connectivity index (χ4v) is 2.69. The molecule has 0 aliphatic heterocycles. The van der Waals surface area contributed by atoms with E-state index in [1.807, 2.05) is 68.4 Å². The van der Waals surface area contributed by atoms with Gasteiger partial charge in [-0.2, -0.15) is 5.10 Å². The summed E-state index contributed by atoms with van der Waals surface area (Å²) < 4.78 is 12.9. The number of carbonyl (C=O) groups excluding carboxylic acids is 1. The van der Waals surface area contributed by atoms with Crippen molar-refractivity contribution in [3.05, 3.63) is 71.9 Å². The highest BCUT2D eigenvalue weighted by Gasteiger charge is 2.12. The second kappa shape index (κ2) is 8.89. The Bertz CT molecular complexity index is 891. The minimum atomic E-state index is -0.254. The largest absolute Gasteiger partial charge is 0.490 e. The lowest BCUT2D eigenvalue weighted by atomic mass is 10.2. The molecule has 3 aromatic rings. The third-order valence-corrected chi connectivity index (χ3v) is 3.85. The fraction of sp³-hybridized carbons (Fsp3) is 0.238. The van der Waals surface area contributed by atoms with Crippen molar-refractivity contribution in [3.8, 4) is 11.5 Å². The van der Waals surface area contributed by atoms with E-state index in [9.17, 15) is 4.79 Å². The summed E-state index contributed by atoms with van der Waals surface area (Å²) >= 11 is 0. The van der Waals surface area contributed by atoms with Gasteiger partial charge >= 0.3 is 0 Å². The second-order valence-corrected chi connectivity index (χ2v) is 6.03. The summed E-state index contributed by atoms with van der Waals surface area (Å²) in [5, 5.41) is 7.33. The van der Waals surface area contributed by atoms with Crippen molar-refractivity contribution in [1.82, 2.24) is 9.78 Å². The predicted octanol–water partition coefficient (Wildman–Crippen LogP) is 3.66. The highest BCUT2D eigenvalue weighted by Crippen LogP contribution is 2.26. The van der Waals surface area contributed by atoms with Crippen LogP contribution >= 0.6 is 0 Å². The highest BCUT2D eigenvalue weighted by atomic mass is 16.5. The Hall–Kier alpha value is -3.28.